The first kappa shape index (κ1) is 12.4. The van der Waals surface area contributed by atoms with Crippen LogP contribution in [0.15, 0.2) is 0 Å². The number of hydrogen-bond donors (Lipinski definition) is 2. The summed E-state index contributed by atoms with van der Waals surface area (Å²) in [5.74, 6) is -0.393. The highest BCUT2D eigenvalue weighted by Gasteiger charge is 2.23. The molecule has 0 radical (unpaired) electrons. The van der Waals surface area contributed by atoms with E-state index in [0.717, 1.165) is 19.3 Å². The van der Waals surface area contributed by atoms with Crippen LogP contribution in [0.1, 0.15) is 32.1 Å². The maximum atomic E-state index is 11.4. The fraction of sp³-hybridized carbons (Fsp3) is 0.889. The lowest BCUT2D eigenvalue weighted by Gasteiger charge is -2.24. The molecule has 0 atom stereocenters. The molecule has 15 heavy (non-hydrogen) atoms. The van der Waals surface area contributed by atoms with Crippen molar-refractivity contribution in [2.24, 2.45) is 5.92 Å². The molecule has 1 rings (SSSR count). The molecule has 1 aliphatic rings. The number of rotatable bonds is 7. The summed E-state index contributed by atoms with van der Waals surface area (Å²) in [6, 6.07) is 0. The third-order valence-electron chi connectivity index (χ3n) is 2.57. The van der Waals surface area contributed by atoms with Gasteiger partial charge in [0.25, 0.3) is 0 Å². The van der Waals surface area contributed by atoms with Gasteiger partial charge in [-0.3, -0.25) is 4.79 Å². The number of aliphatic carboxylic acids is 1. The highest BCUT2D eigenvalue weighted by Crippen LogP contribution is 2.27. The fourth-order valence-electron chi connectivity index (χ4n) is 1.50. The van der Waals surface area contributed by atoms with Gasteiger partial charge in [0.05, 0.1) is 5.75 Å². The highest BCUT2D eigenvalue weighted by molar-refractivity contribution is 7.89. The standard InChI is InChI=1S/C9H17NO4S/c11-9(12)5-2-6-10-15(13,14)7-8-3-1-4-8/h8,10H,1-7H2,(H,11,12). The van der Waals surface area contributed by atoms with Crippen LogP contribution in [-0.4, -0.2) is 31.8 Å². The molecule has 0 heterocycles. The molecule has 0 unspecified atom stereocenters. The molecular formula is C9H17NO4S. The number of carboxylic acid groups (broad SMARTS) is 1. The Hall–Kier alpha value is -0.620. The molecule has 0 aromatic carbocycles. The van der Waals surface area contributed by atoms with E-state index >= 15 is 0 Å². The van der Waals surface area contributed by atoms with Crippen molar-refractivity contribution >= 4 is 16.0 Å². The molecular weight excluding hydrogens is 218 g/mol. The Morgan fingerprint density at radius 1 is 1.40 bits per heavy atom. The molecule has 88 valence electrons. The molecule has 6 heteroatoms. The van der Waals surface area contributed by atoms with Gasteiger partial charge in [-0.05, 0) is 25.2 Å². The maximum absolute atomic E-state index is 11.4. The fourth-order valence-corrected chi connectivity index (χ4v) is 3.02. The number of hydrogen-bond acceptors (Lipinski definition) is 3. The molecule has 2 N–H and O–H groups in total. The summed E-state index contributed by atoms with van der Waals surface area (Å²) in [5.41, 5.74) is 0. The zero-order valence-electron chi connectivity index (χ0n) is 8.61. The molecule has 0 spiro atoms. The van der Waals surface area contributed by atoms with Crippen LogP contribution in [-0.2, 0) is 14.8 Å². The van der Waals surface area contributed by atoms with E-state index in [-0.39, 0.29) is 18.7 Å². The van der Waals surface area contributed by atoms with E-state index in [1.807, 2.05) is 0 Å². The van der Waals surface area contributed by atoms with Crippen LogP contribution in [0.5, 0.6) is 0 Å². The second-order valence-electron chi connectivity index (χ2n) is 3.97. The third-order valence-corrected chi connectivity index (χ3v) is 4.12. The molecule has 1 saturated carbocycles. The van der Waals surface area contributed by atoms with Gasteiger partial charge < -0.3 is 5.11 Å². The van der Waals surface area contributed by atoms with Crippen LogP contribution in [0.4, 0.5) is 0 Å². The first-order chi connectivity index (χ1) is 6.99. The number of carboxylic acids is 1. The Morgan fingerprint density at radius 3 is 2.53 bits per heavy atom. The summed E-state index contributed by atoms with van der Waals surface area (Å²) in [7, 11) is -3.18. The zero-order valence-corrected chi connectivity index (χ0v) is 9.42. The molecule has 1 aliphatic carbocycles. The van der Waals surface area contributed by atoms with Crippen LogP contribution < -0.4 is 4.72 Å². The van der Waals surface area contributed by atoms with Gasteiger partial charge in [0.1, 0.15) is 0 Å². The molecule has 0 amide bonds. The topological polar surface area (TPSA) is 83.5 Å². The molecule has 0 aromatic heterocycles. The van der Waals surface area contributed by atoms with Gasteiger partial charge in [-0.15, -0.1) is 0 Å². The SMILES string of the molecule is O=C(O)CCCNS(=O)(=O)CC1CCC1. The molecule has 5 nitrogen and oxygen atoms in total. The largest absolute Gasteiger partial charge is 0.481 e. The van der Waals surface area contributed by atoms with Gasteiger partial charge >= 0.3 is 5.97 Å². The van der Waals surface area contributed by atoms with Gasteiger partial charge in [0.2, 0.25) is 10.0 Å². The smallest absolute Gasteiger partial charge is 0.303 e. The van der Waals surface area contributed by atoms with Crippen molar-refractivity contribution < 1.29 is 18.3 Å². The molecule has 1 fully saturated rings. The van der Waals surface area contributed by atoms with Crippen molar-refractivity contribution in [1.29, 1.82) is 0 Å². The van der Waals surface area contributed by atoms with Crippen molar-refractivity contribution in [1.82, 2.24) is 4.72 Å². The Balaban J connectivity index is 2.15. The lowest BCUT2D eigenvalue weighted by atomic mass is 9.87. The minimum Gasteiger partial charge on any atom is -0.481 e. The van der Waals surface area contributed by atoms with E-state index in [1.165, 1.54) is 0 Å². The second kappa shape index (κ2) is 5.46. The van der Waals surface area contributed by atoms with E-state index in [4.69, 9.17) is 5.11 Å². The quantitative estimate of drug-likeness (QED) is 0.632. The minimum absolute atomic E-state index is 0.00590. The highest BCUT2D eigenvalue weighted by atomic mass is 32.2. The van der Waals surface area contributed by atoms with Gasteiger partial charge in [-0.2, -0.15) is 0 Å². The summed E-state index contributed by atoms with van der Waals surface area (Å²) in [6.45, 7) is 0.224. The van der Waals surface area contributed by atoms with Crippen LogP contribution in [0.2, 0.25) is 0 Å². The summed E-state index contributed by atoms with van der Waals surface area (Å²) in [6.07, 6.45) is 3.47. The van der Waals surface area contributed by atoms with Gasteiger partial charge in [-0.1, -0.05) is 6.42 Å². The molecule has 0 saturated heterocycles. The molecule has 0 aromatic rings. The third kappa shape index (κ3) is 5.13. The van der Waals surface area contributed by atoms with E-state index in [0.29, 0.717) is 12.3 Å². The summed E-state index contributed by atoms with van der Waals surface area (Å²) in [5, 5.41) is 8.36. The van der Waals surface area contributed by atoms with Crippen LogP contribution in [0, 0.1) is 5.92 Å². The Labute approximate surface area is 89.9 Å². The van der Waals surface area contributed by atoms with E-state index in [2.05, 4.69) is 4.72 Å². The van der Waals surface area contributed by atoms with E-state index in [9.17, 15) is 13.2 Å². The summed E-state index contributed by atoms with van der Waals surface area (Å²) in [4.78, 5) is 10.2. The lowest BCUT2D eigenvalue weighted by molar-refractivity contribution is -0.137. The average molecular weight is 235 g/mol. The normalized spacial score (nSPS) is 17.3. The predicted octanol–water partition coefficient (Wildman–Crippen LogP) is 0.571. The van der Waals surface area contributed by atoms with Crippen LogP contribution in [0.25, 0.3) is 0 Å². The van der Waals surface area contributed by atoms with Gasteiger partial charge in [0.15, 0.2) is 0 Å². The molecule has 0 bridgehead atoms. The predicted molar refractivity (Wildman–Crippen MR) is 56.0 cm³/mol. The lowest BCUT2D eigenvalue weighted by Crippen LogP contribution is -2.33. The Bertz CT molecular complexity index is 308. The van der Waals surface area contributed by atoms with E-state index < -0.39 is 16.0 Å². The van der Waals surface area contributed by atoms with Gasteiger partial charge in [0, 0.05) is 13.0 Å². The van der Waals surface area contributed by atoms with Crippen molar-refractivity contribution in [3.8, 4) is 0 Å². The van der Waals surface area contributed by atoms with Crippen molar-refractivity contribution in [3.05, 3.63) is 0 Å². The van der Waals surface area contributed by atoms with Gasteiger partial charge in [-0.25, -0.2) is 13.1 Å². The Kier molecular flexibility index (Phi) is 4.53. The van der Waals surface area contributed by atoms with E-state index in [1.54, 1.807) is 0 Å². The van der Waals surface area contributed by atoms with Crippen molar-refractivity contribution in [2.45, 2.75) is 32.1 Å². The van der Waals surface area contributed by atoms with Crippen molar-refractivity contribution in [3.63, 3.8) is 0 Å². The minimum atomic E-state index is -3.18. The summed E-state index contributed by atoms with van der Waals surface area (Å²) >= 11 is 0. The number of sulfonamides is 1. The van der Waals surface area contributed by atoms with Crippen LogP contribution >= 0.6 is 0 Å². The Morgan fingerprint density at radius 2 is 2.07 bits per heavy atom. The van der Waals surface area contributed by atoms with Crippen molar-refractivity contribution in [2.75, 3.05) is 12.3 Å². The zero-order chi connectivity index (χ0) is 11.3. The first-order valence-electron chi connectivity index (χ1n) is 5.19. The summed E-state index contributed by atoms with van der Waals surface area (Å²) < 4.78 is 25.3. The number of carbonyl (C=O) groups is 1. The number of nitrogens with one attached hydrogen (secondary N) is 1. The maximum Gasteiger partial charge on any atom is 0.303 e. The monoisotopic (exact) mass is 235 g/mol. The second-order valence-corrected chi connectivity index (χ2v) is 5.82. The molecule has 0 aliphatic heterocycles. The van der Waals surface area contributed by atoms with Crippen LogP contribution in [0.3, 0.4) is 0 Å². The average Bonchev–Trinajstić information content (AvgIpc) is 2.06. The first-order valence-corrected chi connectivity index (χ1v) is 6.84.